The Morgan fingerprint density at radius 2 is 2.06 bits per heavy atom. The fraction of sp³-hybridized carbons (Fsp3) is 0.545. The second kappa shape index (κ2) is 8.67. The van der Waals surface area contributed by atoms with Gasteiger partial charge in [0.15, 0.2) is 6.54 Å². The summed E-state index contributed by atoms with van der Waals surface area (Å²) in [6.07, 6.45) is 4.88. The van der Waals surface area contributed by atoms with E-state index in [0.29, 0.717) is 18.7 Å². The van der Waals surface area contributed by atoms with Crippen molar-refractivity contribution in [2.75, 3.05) is 32.4 Å². The minimum Gasteiger partial charge on any atom is -0.477 e. The molecular weight excluding hydrogens is 478 g/mol. The van der Waals surface area contributed by atoms with Crippen molar-refractivity contribution in [2.45, 2.75) is 37.6 Å². The zero-order chi connectivity index (χ0) is 24.3. The number of β-lactam (4-membered cyclic amide) rings is 1. The van der Waals surface area contributed by atoms with Gasteiger partial charge in [-0.1, -0.05) is 30.0 Å². The van der Waals surface area contributed by atoms with Gasteiger partial charge in [0.1, 0.15) is 11.9 Å². The Morgan fingerprint density at radius 3 is 2.68 bits per heavy atom. The van der Waals surface area contributed by atoms with Crippen molar-refractivity contribution in [1.82, 2.24) is 19.5 Å². The average Bonchev–Trinajstić information content (AvgIpc) is 3.41. The van der Waals surface area contributed by atoms with Crippen molar-refractivity contribution in [1.29, 1.82) is 0 Å². The molecule has 0 saturated carbocycles. The van der Waals surface area contributed by atoms with Crippen LogP contribution in [0.25, 0.3) is 10.4 Å². The first-order valence-electron chi connectivity index (χ1n) is 11.3. The summed E-state index contributed by atoms with van der Waals surface area (Å²) in [4.78, 5) is 42.5. The summed E-state index contributed by atoms with van der Waals surface area (Å²) in [5, 5.41) is 24.2. The predicted octanol–water partition coefficient (Wildman–Crippen LogP) is 0.0952. The highest BCUT2D eigenvalue weighted by Crippen LogP contribution is 2.51. The third kappa shape index (κ3) is 3.46. The third-order valence-corrected chi connectivity index (χ3v) is 9.10. The van der Waals surface area contributed by atoms with Gasteiger partial charge in [-0.05, 0) is 13.2 Å². The Bertz CT molecular complexity index is 1210. The molecule has 3 aliphatic rings. The number of fused-ring (bicyclic) bond motifs is 2. The molecule has 182 valence electrons. The average molecular weight is 507 g/mol. The number of aromatic nitrogens is 2. The van der Waals surface area contributed by atoms with Crippen molar-refractivity contribution >= 4 is 51.3 Å². The monoisotopic (exact) mass is 506 g/mol. The van der Waals surface area contributed by atoms with Gasteiger partial charge in [-0.25, -0.2) is 9.36 Å². The normalized spacial score (nSPS) is 25.6. The van der Waals surface area contributed by atoms with Gasteiger partial charge in [0.05, 0.1) is 22.9 Å². The molecule has 2 aromatic rings. The van der Waals surface area contributed by atoms with Crippen LogP contribution in [0.5, 0.6) is 0 Å². The smallest absolute Gasteiger partial charge is 0.352 e. The van der Waals surface area contributed by atoms with E-state index < -0.39 is 18.0 Å². The number of nitrogens with one attached hydrogen (secondary N) is 1. The first-order chi connectivity index (χ1) is 16.2. The number of carbonyl (C=O) groups is 3. The van der Waals surface area contributed by atoms with E-state index in [1.165, 1.54) is 16.2 Å². The molecule has 5 rings (SSSR count). The van der Waals surface area contributed by atoms with E-state index in [9.17, 15) is 24.6 Å². The van der Waals surface area contributed by atoms with E-state index in [1.807, 2.05) is 39.6 Å². The molecule has 2 saturated heterocycles. The van der Waals surface area contributed by atoms with Crippen molar-refractivity contribution < 1.29 is 29.2 Å². The number of aliphatic hydroxyl groups excluding tert-OH is 1. The Hall–Kier alpha value is -2.41. The molecule has 2 aromatic heterocycles. The Kier molecular flexibility index (Phi) is 5.95. The molecule has 3 N–H and O–H groups in total. The standard InChI is InChI=1S/C22H27N5O5S2/c1-11-15(18(22(31)32)27-17(11)16(12(2)28)19(27)30)13-8-25-10-26(20(33-3)21(25)34-13)9-14(29)24-6-4-23-5-7-24/h8,10-12,16-17,23,28H,4-7,9H2,1-3H3/p+1/t11-,12+,16+,17+/m0/s1. The number of amides is 2. The first-order valence-corrected chi connectivity index (χ1v) is 13.3. The van der Waals surface area contributed by atoms with Crippen LogP contribution in [0.1, 0.15) is 18.7 Å². The number of piperazine rings is 1. The summed E-state index contributed by atoms with van der Waals surface area (Å²) in [5.41, 5.74) is 0.634. The van der Waals surface area contributed by atoms with Crippen LogP contribution < -0.4 is 9.88 Å². The summed E-state index contributed by atoms with van der Waals surface area (Å²) in [5.74, 6) is -2.20. The van der Waals surface area contributed by atoms with Crippen LogP contribution in [-0.4, -0.2) is 86.8 Å². The van der Waals surface area contributed by atoms with Crippen LogP contribution >= 0.6 is 23.1 Å². The topological polar surface area (TPSA) is 118 Å². The summed E-state index contributed by atoms with van der Waals surface area (Å²) in [6.45, 7) is 6.75. The van der Waals surface area contributed by atoms with E-state index in [1.54, 1.807) is 18.7 Å². The number of thioether (sulfide) groups is 1. The molecule has 3 aliphatic heterocycles. The summed E-state index contributed by atoms with van der Waals surface area (Å²) in [6, 6.07) is -0.350. The molecule has 34 heavy (non-hydrogen) atoms. The number of nitrogens with zero attached hydrogens (tertiary/aromatic N) is 4. The molecule has 10 nitrogen and oxygen atoms in total. The maximum Gasteiger partial charge on any atom is 0.352 e. The SMILES string of the molecule is CSc1c2sc(C3=C(C(=O)O)N4C(=O)[C@H]([C@@H](C)O)[C@H]4[C@H]3C)cn2c[n+]1CC(=O)N1CCNCC1. The first kappa shape index (κ1) is 23.3. The number of carbonyl (C=O) groups excluding carboxylic acids is 2. The molecule has 5 heterocycles. The van der Waals surface area contributed by atoms with Crippen LogP contribution in [0.4, 0.5) is 0 Å². The highest BCUT2D eigenvalue weighted by Gasteiger charge is 2.60. The fourth-order valence-corrected chi connectivity index (χ4v) is 7.61. The lowest BCUT2D eigenvalue weighted by Gasteiger charge is -2.46. The van der Waals surface area contributed by atoms with Gasteiger partial charge in [-0.15, -0.1) is 0 Å². The van der Waals surface area contributed by atoms with Crippen molar-refractivity contribution in [3.05, 3.63) is 23.1 Å². The summed E-state index contributed by atoms with van der Waals surface area (Å²) >= 11 is 3.00. The predicted molar refractivity (Wildman–Crippen MR) is 126 cm³/mol. The molecule has 2 fully saturated rings. The fourth-order valence-electron chi connectivity index (χ4n) is 5.43. The summed E-state index contributed by atoms with van der Waals surface area (Å²) < 4.78 is 3.87. The van der Waals surface area contributed by atoms with Gasteiger partial charge >= 0.3 is 5.97 Å². The van der Waals surface area contributed by atoms with Gasteiger partial charge in [0.25, 0.3) is 12.2 Å². The number of carboxylic acids is 1. The van der Waals surface area contributed by atoms with Crippen molar-refractivity contribution in [3.63, 3.8) is 0 Å². The van der Waals surface area contributed by atoms with E-state index in [2.05, 4.69) is 5.32 Å². The molecule has 0 radical (unpaired) electrons. The number of imidazole rings is 1. The van der Waals surface area contributed by atoms with Crippen LogP contribution in [0.15, 0.2) is 23.2 Å². The van der Waals surface area contributed by atoms with Gasteiger partial charge in [0.2, 0.25) is 15.8 Å². The Morgan fingerprint density at radius 1 is 1.35 bits per heavy atom. The van der Waals surface area contributed by atoms with Crippen LogP contribution in [0.3, 0.4) is 0 Å². The van der Waals surface area contributed by atoms with Gasteiger partial charge in [-0.3, -0.25) is 9.59 Å². The molecule has 0 bridgehead atoms. The largest absolute Gasteiger partial charge is 0.477 e. The molecule has 0 aliphatic carbocycles. The number of aliphatic carboxylic acids is 1. The maximum atomic E-state index is 12.8. The number of hydrogen-bond acceptors (Lipinski definition) is 7. The zero-order valence-electron chi connectivity index (χ0n) is 19.2. The molecule has 0 aromatic carbocycles. The molecule has 0 unspecified atom stereocenters. The maximum absolute atomic E-state index is 12.8. The lowest BCUT2D eigenvalue weighted by Crippen LogP contribution is -2.63. The number of thiazole rings is 1. The third-order valence-electron chi connectivity index (χ3n) is 7.01. The highest BCUT2D eigenvalue weighted by molar-refractivity contribution is 7.98. The second-order valence-corrected chi connectivity index (χ2v) is 10.8. The Balaban J connectivity index is 1.49. The van der Waals surface area contributed by atoms with E-state index in [4.69, 9.17) is 0 Å². The molecule has 4 atom stereocenters. The molecular formula is C22H28N5O5S2+. The van der Waals surface area contributed by atoms with Gasteiger partial charge in [0, 0.05) is 37.7 Å². The van der Waals surface area contributed by atoms with Crippen LogP contribution in [-0.2, 0) is 20.9 Å². The van der Waals surface area contributed by atoms with E-state index in [-0.39, 0.29) is 36.0 Å². The van der Waals surface area contributed by atoms with Crippen LogP contribution in [0.2, 0.25) is 0 Å². The number of carboxylic acid groups (broad SMARTS) is 1. The second-order valence-electron chi connectivity index (χ2n) is 9.01. The number of rotatable bonds is 6. The van der Waals surface area contributed by atoms with E-state index in [0.717, 1.165) is 27.8 Å². The lowest BCUT2D eigenvalue weighted by atomic mass is 9.77. The highest BCUT2D eigenvalue weighted by atomic mass is 32.2. The van der Waals surface area contributed by atoms with Crippen molar-refractivity contribution in [2.24, 2.45) is 11.8 Å². The van der Waals surface area contributed by atoms with E-state index >= 15 is 0 Å². The molecule has 2 amide bonds. The molecule has 0 spiro atoms. The lowest BCUT2D eigenvalue weighted by molar-refractivity contribution is -0.718. The minimum atomic E-state index is -1.14. The van der Waals surface area contributed by atoms with Crippen LogP contribution in [0, 0.1) is 11.8 Å². The minimum absolute atomic E-state index is 0.0105. The van der Waals surface area contributed by atoms with Gasteiger partial charge < -0.3 is 25.3 Å². The van der Waals surface area contributed by atoms with Crippen molar-refractivity contribution in [3.8, 4) is 0 Å². The summed E-state index contributed by atoms with van der Waals surface area (Å²) in [7, 11) is 0. The zero-order valence-corrected chi connectivity index (χ0v) is 20.9. The molecule has 12 heteroatoms. The Labute approximate surface area is 204 Å². The number of aliphatic hydroxyl groups is 1. The quantitative estimate of drug-likeness (QED) is 0.289. The number of hydrogen-bond donors (Lipinski definition) is 3. The van der Waals surface area contributed by atoms with Gasteiger partial charge in [-0.2, -0.15) is 4.40 Å².